The second kappa shape index (κ2) is 5.97. The maximum absolute atomic E-state index is 5.34. The molecule has 0 aliphatic carbocycles. The van der Waals surface area contributed by atoms with Gasteiger partial charge in [-0.15, -0.1) is 0 Å². The number of rotatable bonds is 3. The molecule has 0 radical (unpaired) electrons. The monoisotopic (exact) mass is 350 g/mol. The Labute approximate surface area is 152 Å². The van der Waals surface area contributed by atoms with Crippen LogP contribution in [-0.4, -0.2) is 34.3 Å². The lowest BCUT2D eigenvalue weighted by atomic mass is 9.85. The highest BCUT2D eigenvalue weighted by Crippen LogP contribution is 2.46. The predicted molar refractivity (Wildman–Crippen MR) is 98.6 cm³/mol. The van der Waals surface area contributed by atoms with E-state index in [-0.39, 0.29) is 0 Å². The zero-order valence-corrected chi connectivity index (χ0v) is 15.1. The van der Waals surface area contributed by atoms with Crippen molar-refractivity contribution in [3.05, 3.63) is 41.9 Å². The van der Waals surface area contributed by atoms with Crippen LogP contribution in [0.1, 0.15) is 42.9 Å². The molecule has 0 spiro atoms. The third-order valence-corrected chi connectivity index (χ3v) is 5.99. The molecule has 2 unspecified atom stereocenters. The van der Waals surface area contributed by atoms with Gasteiger partial charge in [-0.2, -0.15) is 4.98 Å². The van der Waals surface area contributed by atoms with E-state index in [1.165, 1.54) is 18.4 Å². The smallest absolute Gasteiger partial charge is 0.263 e. The van der Waals surface area contributed by atoms with Crippen molar-refractivity contribution >= 4 is 16.9 Å². The number of aryl methyl sites for hydroxylation is 1. The van der Waals surface area contributed by atoms with Crippen LogP contribution in [0.25, 0.3) is 11.1 Å². The molecule has 2 fully saturated rings. The van der Waals surface area contributed by atoms with Gasteiger partial charge in [-0.1, -0.05) is 17.3 Å². The maximum atomic E-state index is 5.34. The Kier molecular flexibility index (Phi) is 3.58. The van der Waals surface area contributed by atoms with E-state index in [0.29, 0.717) is 23.7 Å². The van der Waals surface area contributed by atoms with Crippen molar-refractivity contribution in [2.45, 2.75) is 50.6 Å². The molecule has 5 rings (SSSR count). The minimum Gasteiger partial charge on any atom is -0.497 e. The molecule has 4 heterocycles. The first-order valence-electron chi connectivity index (χ1n) is 9.24. The molecule has 2 saturated heterocycles. The quantitative estimate of drug-likeness (QED) is 0.715. The van der Waals surface area contributed by atoms with E-state index in [0.717, 1.165) is 35.5 Å². The Balaban J connectivity index is 1.46. The van der Waals surface area contributed by atoms with Gasteiger partial charge in [-0.25, -0.2) is 4.98 Å². The summed E-state index contributed by atoms with van der Waals surface area (Å²) in [6.07, 6.45) is 6.33. The number of hydrogen-bond donors (Lipinski definition) is 0. The highest BCUT2D eigenvalue weighted by Gasteiger charge is 2.42. The molecule has 0 N–H and O–H groups in total. The van der Waals surface area contributed by atoms with Crippen molar-refractivity contribution in [1.82, 2.24) is 15.1 Å². The van der Waals surface area contributed by atoms with Crippen molar-refractivity contribution in [1.29, 1.82) is 0 Å². The lowest BCUT2D eigenvalue weighted by molar-refractivity contribution is 0.407. The summed E-state index contributed by atoms with van der Waals surface area (Å²) in [4.78, 5) is 11.4. The van der Waals surface area contributed by atoms with E-state index in [4.69, 9.17) is 9.26 Å². The largest absolute Gasteiger partial charge is 0.497 e. The number of hydrogen-bond acceptors (Lipinski definition) is 6. The fraction of sp³-hybridized carbons (Fsp3) is 0.450. The highest BCUT2D eigenvalue weighted by atomic mass is 16.5. The number of benzene rings is 1. The number of piperidine rings is 1. The molecule has 2 atom stereocenters. The van der Waals surface area contributed by atoms with Crippen molar-refractivity contribution in [3.8, 4) is 5.75 Å². The summed E-state index contributed by atoms with van der Waals surface area (Å²) < 4.78 is 10.6. The SMILES string of the molecule is COc1ccc(C2CC3CCC(C2)N3c2ncnc3onc(C)c23)cc1. The number of methoxy groups -OCH3 is 1. The van der Waals surface area contributed by atoms with Gasteiger partial charge in [0.25, 0.3) is 5.71 Å². The van der Waals surface area contributed by atoms with Gasteiger partial charge in [0.2, 0.25) is 0 Å². The highest BCUT2D eigenvalue weighted by molar-refractivity contribution is 5.88. The van der Waals surface area contributed by atoms with Gasteiger partial charge < -0.3 is 14.2 Å². The van der Waals surface area contributed by atoms with Crippen molar-refractivity contribution in [2.75, 3.05) is 12.0 Å². The molecule has 0 amide bonds. The van der Waals surface area contributed by atoms with Crippen LogP contribution in [0, 0.1) is 6.92 Å². The third kappa shape index (κ3) is 2.35. The number of ether oxygens (including phenoxy) is 1. The molecule has 2 aliphatic rings. The molecule has 6 heteroatoms. The average molecular weight is 350 g/mol. The first-order valence-corrected chi connectivity index (χ1v) is 9.24. The summed E-state index contributed by atoms with van der Waals surface area (Å²) in [5.41, 5.74) is 2.87. The summed E-state index contributed by atoms with van der Waals surface area (Å²) in [6, 6.07) is 9.58. The zero-order valence-electron chi connectivity index (χ0n) is 15.1. The molecule has 0 saturated carbocycles. The van der Waals surface area contributed by atoms with Gasteiger partial charge >= 0.3 is 0 Å². The Morgan fingerprint density at radius 2 is 1.81 bits per heavy atom. The summed E-state index contributed by atoms with van der Waals surface area (Å²) in [5, 5.41) is 5.05. The van der Waals surface area contributed by atoms with Crippen LogP contribution in [-0.2, 0) is 0 Å². The van der Waals surface area contributed by atoms with Crippen molar-refractivity contribution < 1.29 is 9.26 Å². The van der Waals surface area contributed by atoms with Gasteiger partial charge in [-0.05, 0) is 56.2 Å². The number of anilines is 1. The molecule has 26 heavy (non-hydrogen) atoms. The number of nitrogens with zero attached hydrogens (tertiary/aromatic N) is 4. The molecule has 134 valence electrons. The van der Waals surface area contributed by atoms with E-state index >= 15 is 0 Å². The fourth-order valence-corrected chi connectivity index (χ4v) is 4.77. The van der Waals surface area contributed by atoms with Gasteiger partial charge in [0.1, 0.15) is 23.3 Å². The summed E-state index contributed by atoms with van der Waals surface area (Å²) in [7, 11) is 1.71. The summed E-state index contributed by atoms with van der Waals surface area (Å²) in [6.45, 7) is 1.96. The van der Waals surface area contributed by atoms with Gasteiger partial charge in [-0.3, -0.25) is 0 Å². The minimum atomic E-state index is 0.508. The first kappa shape index (κ1) is 15.6. The molecule has 2 aliphatic heterocycles. The Morgan fingerprint density at radius 1 is 1.08 bits per heavy atom. The predicted octanol–water partition coefficient (Wildman–Crippen LogP) is 3.85. The number of aromatic nitrogens is 3. The lowest BCUT2D eigenvalue weighted by Crippen LogP contribution is -2.43. The summed E-state index contributed by atoms with van der Waals surface area (Å²) in [5.74, 6) is 2.51. The Bertz CT molecular complexity index is 923. The van der Waals surface area contributed by atoms with E-state index in [1.54, 1.807) is 13.4 Å². The molecule has 1 aromatic carbocycles. The van der Waals surface area contributed by atoms with E-state index in [2.05, 4.69) is 44.3 Å². The molecule has 2 aromatic heterocycles. The second-order valence-corrected chi connectivity index (χ2v) is 7.38. The standard InChI is InChI=1S/C20H22N4O2/c1-12-18-19(21-11-22-20(18)26-23-12)24-15-5-6-16(24)10-14(9-15)13-3-7-17(25-2)8-4-13/h3-4,7-8,11,14-16H,5-6,9-10H2,1-2H3. The van der Waals surface area contributed by atoms with Gasteiger partial charge in [0.15, 0.2) is 0 Å². The van der Waals surface area contributed by atoms with Crippen LogP contribution in [0.4, 0.5) is 5.82 Å². The van der Waals surface area contributed by atoms with E-state index < -0.39 is 0 Å². The summed E-state index contributed by atoms with van der Waals surface area (Å²) >= 11 is 0. The second-order valence-electron chi connectivity index (χ2n) is 7.38. The van der Waals surface area contributed by atoms with Crippen LogP contribution in [0.5, 0.6) is 5.75 Å². The van der Waals surface area contributed by atoms with Crippen molar-refractivity contribution in [2.24, 2.45) is 0 Å². The minimum absolute atomic E-state index is 0.508. The van der Waals surface area contributed by atoms with Gasteiger partial charge in [0, 0.05) is 12.1 Å². The Hall–Kier alpha value is -2.63. The number of fused-ring (bicyclic) bond motifs is 3. The lowest BCUT2D eigenvalue weighted by Gasteiger charge is -2.40. The van der Waals surface area contributed by atoms with Crippen LogP contribution in [0.15, 0.2) is 35.1 Å². The van der Waals surface area contributed by atoms with E-state index in [9.17, 15) is 0 Å². The zero-order chi connectivity index (χ0) is 17.7. The maximum Gasteiger partial charge on any atom is 0.263 e. The van der Waals surface area contributed by atoms with Gasteiger partial charge in [0.05, 0.1) is 12.8 Å². The fourth-order valence-electron chi connectivity index (χ4n) is 4.77. The topological polar surface area (TPSA) is 64.3 Å². The molecular formula is C20H22N4O2. The van der Waals surface area contributed by atoms with Crippen LogP contribution >= 0.6 is 0 Å². The normalized spacial score (nSPS) is 25.0. The third-order valence-electron chi connectivity index (χ3n) is 5.99. The Morgan fingerprint density at radius 3 is 2.50 bits per heavy atom. The van der Waals surface area contributed by atoms with Crippen LogP contribution in [0.3, 0.4) is 0 Å². The first-order chi connectivity index (χ1) is 12.7. The van der Waals surface area contributed by atoms with Crippen LogP contribution < -0.4 is 9.64 Å². The molecule has 3 aromatic rings. The van der Waals surface area contributed by atoms with Crippen LogP contribution in [0.2, 0.25) is 0 Å². The molecular weight excluding hydrogens is 328 g/mol. The van der Waals surface area contributed by atoms with Crippen molar-refractivity contribution in [3.63, 3.8) is 0 Å². The average Bonchev–Trinajstić information content (AvgIpc) is 3.18. The molecule has 6 nitrogen and oxygen atoms in total. The molecule has 2 bridgehead atoms. The van der Waals surface area contributed by atoms with E-state index in [1.807, 2.05) is 6.92 Å².